The number of hydrogen-bond donors (Lipinski definition) is 0. The summed E-state index contributed by atoms with van der Waals surface area (Å²) in [5, 5.41) is 0.977. The molecule has 0 saturated carbocycles. The SMILES string of the molecule is CCOc1ccc(-c2coc3cc(OC)c(/C(C)=C/C(=O)N4CCN(C)CC4)cc23)cc1. The monoisotopic (exact) mass is 434 g/mol. The number of piperazine rings is 1. The molecule has 3 aromatic rings. The number of rotatable bonds is 6. The highest BCUT2D eigenvalue weighted by Gasteiger charge is 2.19. The van der Waals surface area contributed by atoms with Crippen molar-refractivity contribution in [3.8, 4) is 22.6 Å². The second-order valence-electron chi connectivity index (χ2n) is 8.11. The summed E-state index contributed by atoms with van der Waals surface area (Å²) < 4.78 is 17.0. The van der Waals surface area contributed by atoms with E-state index in [1.807, 2.05) is 55.1 Å². The number of amides is 1. The normalized spacial score (nSPS) is 15.2. The minimum absolute atomic E-state index is 0.0386. The number of furan rings is 1. The molecular weight excluding hydrogens is 404 g/mol. The zero-order valence-corrected chi connectivity index (χ0v) is 19.2. The summed E-state index contributed by atoms with van der Waals surface area (Å²) in [5.41, 5.74) is 4.53. The number of carbonyl (C=O) groups excluding carboxylic acids is 1. The van der Waals surface area contributed by atoms with Crippen LogP contribution >= 0.6 is 0 Å². The number of methoxy groups -OCH3 is 1. The van der Waals surface area contributed by atoms with Crippen molar-refractivity contribution in [1.29, 1.82) is 0 Å². The summed E-state index contributed by atoms with van der Waals surface area (Å²) in [6.45, 7) is 7.85. The molecule has 0 radical (unpaired) electrons. The molecule has 0 aliphatic carbocycles. The van der Waals surface area contributed by atoms with Crippen molar-refractivity contribution in [2.24, 2.45) is 0 Å². The molecule has 0 spiro atoms. The van der Waals surface area contributed by atoms with Gasteiger partial charge in [0.1, 0.15) is 17.1 Å². The summed E-state index contributed by atoms with van der Waals surface area (Å²) >= 11 is 0. The summed E-state index contributed by atoms with van der Waals surface area (Å²) in [6.07, 6.45) is 3.48. The van der Waals surface area contributed by atoms with E-state index in [-0.39, 0.29) is 5.91 Å². The van der Waals surface area contributed by atoms with Crippen molar-refractivity contribution in [2.45, 2.75) is 13.8 Å². The van der Waals surface area contributed by atoms with Crippen LogP contribution in [0.25, 0.3) is 27.7 Å². The third-order valence-corrected chi connectivity index (χ3v) is 5.95. The topological polar surface area (TPSA) is 55.2 Å². The molecule has 1 aliphatic rings. The largest absolute Gasteiger partial charge is 0.496 e. The highest BCUT2D eigenvalue weighted by Crippen LogP contribution is 2.37. The molecule has 1 fully saturated rings. The number of allylic oxidation sites excluding steroid dienone is 1. The van der Waals surface area contributed by atoms with Gasteiger partial charge >= 0.3 is 0 Å². The van der Waals surface area contributed by atoms with Crippen LogP contribution in [0.15, 0.2) is 53.2 Å². The Morgan fingerprint density at radius 1 is 1.12 bits per heavy atom. The van der Waals surface area contributed by atoms with Crippen LogP contribution in [0.4, 0.5) is 0 Å². The van der Waals surface area contributed by atoms with E-state index in [0.717, 1.165) is 65.2 Å². The predicted molar refractivity (Wildman–Crippen MR) is 127 cm³/mol. The van der Waals surface area contributed by atoms with E-state index in [1.54, 1.807) is 19.4 Å². The van der Waals surface area contributed by atoms with Crippen molar-refractivity contribution < 1.29 is 18.7 Å². The van der Waals surface area contributed by atoms with Gasteiger partial charge in [0.25, 0.3) is 0 Å². The van der Waals surface area contributed by atoms with E-state index in [9.17, 15) is 4.79 Å². The molecule has 2 aromatic carbocycles. The van der Waals surface area contributed by atoms with E-state index < -0.39 is 0 Å². The zero-order chi connectivity index (χ0) is 22.7. The third-order valence-electron chi connectivity index (χ3n) is 5.95. The van der Waals surface area contributed by atoms with Crippen LogP contribution in [-0.2, 0) is 4.79 Å². The molecule has 6 heteroatoms. The fourth-order valence-electron chi connectivity index (χ4n) is 4.03. The van der Waals surface area contributed by atoms with Crippen LogP contribution in [-0.4, -0.2) is 62.7 Å². The van der Waals surface area contributed by atoms with Gasteiger partial charge < -0.3 is 23.7 Å². The van der Waals surface area contributed by atoms with Gasteiger partial charge in [-0.3, -0.25) is 4.79 Å². The molecular formula is C26H30N2O4. The Hall–Kier alpha value is -3.25. The lowest BCUT2D eigenvalue weighted by molar-refractivity contribution is -0.127. The first-order valence-electron chi connectivity index (χ1n) is 11.0. The van der Waals surface area contributed by atoms with E-state index in [1.165, 1.54) is 0 Å². The van der Waals surface area contributed by atoms with E-state index >= 15 is 0 Å². The smallest absolute Gasteiger partial charge is 0.246 e. The average molecular weight is 435 g/mol. The second-order valence-corrected chi connectivity index (χ2v) is 8.11. The van der Waals surface area contributed by atoms with Crippen LogP contribution in [0.1, 0.15) is 19.4 Å². The van der Waals surface area contributed by atoms with Gasteiger partial charge in [-0.2, -0.15) is 0 Å². The molecule has 1 amide bonds. The number of fused-ring (bicyclic) bond motifs is 1. The molecule has 2 heterocycles. The number of nitrogens with zero attached hydrogens (tertiary/aromatic N) is 2. The molecule has 6 nitrogen and oxygen atoms in total. The maximum Gasteiger partial charge on any atom is 0.246 e. The maximum atomic E-state index is 12.8. The minimum Gasteiger partial charge on any atom is -0.496 e. The lowest BCUT2D eigenvalue weighted by Crippen LogP contribution is -2.46. The molecule has 1 aromatic heterocycles. The second kappa shape index (κ2) is 9.49. The van der Waals surface area contributed by atoms with E-state index in [0.29, 0.717) is 12.4 Å². The van der Waals surface area contributed by atoms with Crippen LogP contribution < -0.4 is 9.47 Å². The number of benzene rings is 2. The average Bonchev–Trinajstić information content (AvgIpc) is 3.22. The summed E-state index contributed by atoms with van der Waals surface area (Å²) in [5.74, 6) is 1.56. The van der Waals surface area contributed by atoms with Gasteiger partial charge in [0.15, 0.2) is 0 Å². The zero-order valence-electron chi connectivity index (χ0n) is 19.2. The van der Waals surface area contributed by atoms with Gasteiger partial charge in [-0.15, -0.1) is 0 Å². The lowest BCUT2D eigenvalue weighted by atomic mass is 9.99. The predicted octanol–water partition coefficient (Wildman–Crippen LogP) is 4.68. The van der Waals surface area contributed by atoms with E-state index in [2.05, 4.69) is 11.9 Å². The van der Waals surface area contributed by atoms with E-state index in [4.69, 9.17) is 13.9 Å². The number of carbonyl (C=O) groups is 1. The van der Waals surface area contributed by atoms with Crippen molar-refractivity contribution >= 4 is 22.4 Å². The molecule has 168 valence electrons. The molecule has 4 rings (SSSR count). The van der Waals surface area contributed by atoms with Crippen LogP contribution in [0, 0.1) is 0 Å². The van der Waals surface area contributed by atoms with Crippen LogP contribution in [0.5, 0.6) is 11.5 Å². The number of likely N-dealkylation sites (N-methyl/N-ethyl adjacent to an activating group) is 1. The first-order valence-corrected chi connectivity index (χ1v) is 11.0. The summed E-state index contributed by atoms with van der Waals surface area (Å²) in [6, 6.07) is 11.9. The highest BCUT2D eigenvalue weighted by molar-refractivity contribution is 6.00. The molecule has 1 aliphatic heterocycles. The third kappa shape index (κ3) is 4.50. The van der Waals surface area contributed by atoms with Crippen molar-refractivity contribution in [3.63, 3.8) is 0 Å². The Kier molecular flexibility index (Phi) is 6.51. The molecule has 32 heavy (non-hydrogen) atoms. The van der Waals surface area contributed by atoms with Crippen molar-refractivity contribution in [3.05, 3.63) is 54.3 Å². The Balaban J connectivity index is 1.68. The first-order chi connectivity index (χ1) is 15.5. The Morgan fingerprint density at radius 3 is 2.50 bits per heavy atom. The number of ether oxygens (including phenoxy) is 2. The highest BCUT2D eigenvalue weighted by atomic mass is 16.5. The van der Waals surface area contributed by atoms with Crippen molar-refractivity contribution in [1.82, 2.24) is 9.80 Å². The number of hydrogen-bond acceptors (Lipinski definition) is 5. The summed E-state index contributed by atoms with van der Waals surface area (Å²) in [4.78, 5) is 17.0. The van der Waals surface area contributed by atoms with Gasteiger partial charge in [-0.25, -0.2) is 0 Å². The summed E-state index contributed by atoms with van der Waals surface area (Å²) in [7, 11) is 3.71. The Bertz CT molecular complexity index is 1120. The molecule has 1 saturated heterocycles. The van der Waals surface area contributed by atoms with Crippen LogP contribution in [0.2, 0.25) is 0 Å². The standard InChI is InChI=1S/C26H30N2O4/c1-5-31-20-8-6-19(7-9-20)23-17-32-25-16-24(30-4)21(15-22(23)25)18(2)14-26(29)28-12-10-27(3)11-13-28/h6-9,14-17H,5,10-13H2,1-4H3/b18-14+. The Labute approximate surface area is 189 Å². The van der Waals surface area contributed by atoms with Gasteiger partial charge in [-0.05, 0) is 50.2 Å². The first kappa shape index (κ1) is 22.0. The van der Waals surface area contributed by atoms with Gasteiger partial charge in [0.05, 0.1) is 20.0 Å². The Morgan fingerprint density at radius 2 is 1.84 bits per heavy atom. The lowest BCUT2D eigenvalue weighted by Gasteiger charge is -2.31. The van der Waals surface area contributed by atoms with Crippen LogP contribution in [0.3, 0.4) is 0 Å². The minimum atomic E-state index is 0.0386. The fourth-order valence-corrected chi connectivity index (χ4v) is 4.03. The molecule has 0 atom stereocenters. The molecule has 0 bridgehead atoms. The fraction of sp³-hybridized carbons (Fsp3) is 0.346. The van der Waals surface area contributed by atoms with Gasteiger partial charge in [0, 0.05) is 54.8 Å². The molecule has 0 N–H and O–H groups in total. The maximum absolute atomic E-state index is 12.8. The molecule has 0 unspecified atom stereocenters. The van der Waals surface area contributed by atoms with Gasteiger partial charge in [-0.1, -0.05) is 12.1 Å². The van der Waals surface area contributed by atoms with Gasteiger partial charge in [0.2, 0.25) is 5.91 Å². The van der Waals surface area contributed by atoms with Crippen molar-refractivity contribution in [2.75, 3.05) is 46.9 Å². The quantitative estimate of drug-likeness (QED) is 0.527.